The Morgan fingerprint density at radius 3 is 1.02 bits per heavy atom. The number of thiazole rings is 3. The molecule has 6 aromatic heterocycles. The van der Waals surface area contributed by atoms with Crippen molar-refractivity contribution in [3.8, 4) is 65.5 Å². The van der Waals surface area contributed by atoms with Crippen molar-refractivity contribution in [3.05, 3.63) is 214 Å². The van der Waals surface area contributed by atoms with Gasteiger partial charge in [0.15, 0.2) is 0 Å². The largest absolute Gasteiger partial charge is 0.519 e. The molecule has 0 aliphatic rings. The first-order valence-electron chi connectivity index (χ1n) is 29.4. The van der Waals surface area contributed by atoms with Crippen LogP contribution in [-0.4, -0.2) is 86.1 Å². The zero-order chi connectivity index (χ0) is 70.3. The predicted molar refractivity (Wildman–Crippen MR) is 389 cm³/mol. The fourth-order valence-corrected chi connectivity index (χ4v) is 14.7. The number of para-hydroxylation sites is 2. The number of nitrogen functional groups attached to an aromatic ring is 2. The van der Waals surface area contributed by atoms with Crippen molar-refractivity contribution < 1.29 is 52.8 Å². The highest BCUT2D eigenvalue weighted by atomic mass is 32.1. The Labute approximate surface area is 583 Å². The summed E-state index contributed by atoms with van der Waals surface area (Å²) in [7, 11) is 1.36. The van der Waals surface area contributed by atoms with Gasteiger partial charge >= 0.3 is 24.2 Å². The fourth-order valence-electron chi connectivity index (χ4n) is 8.71. The Morgan fingerprint density at radius 2 is 0.732 bits per heavy atom. The number of nitrogens with two attached hydrogens (primary N) is 2. The molecule has 0 radical (unpaired) electrons. The summed E-state index contributed by atoms with van der Waals surface area (Å²) in [6.07, 6.45) is -2.12. The number of benzene rings is 5. The van der Waals surface area contributed by atoms with E-state index in [-0.39, 0.29) is 34.3 Å². The van der Waals surface area contributed by atoms with E-state index >= 15 is 0 Å². The van der Waals surface area contributed by atoms with Crippen molar-refractivity contribution >= 4 is 127 Å². The van der Waals surface area contributed by atoms with Crippen LogP contribution in [0.15, 0.2) is 170 Å². The number of esters is 1. The van der Waals surface area contributed by atoms with Gasteiger partial charge in [0, 0.05) is 59.4 Å². The summed E-state index contributed by atoms with van der Waals surface area (Å²) in [5.74, 6) is -1.75. The van der Waals surface area contributed by atoms with E-state index in [2.05, 4.69) is 20.4 Å². The van der Waals surface area contributed by atoms with Crippen LogP contribution in [0.4, 0.5) is 21.0 Å². The van der Waals surface area contributed by atoms with Gasteiger partial charge in [0.05, 0.1) is 33.9 Å². The van der Waals surface area contributed by atoms with Gasteiger partial charge in [-0.25, -0.2) is 34.1 Å². The van der Waals surface area contributed by atoms with Crippen LogP contribution < -0.4 is 22.1 Å². The molecule has 0 fully saturated rings. The molecule has 0 aliphatic heterocycles. The van der Waals surface area contributed by atoms with Crippen LogP contribution in [0, 0.1) is 31.6 Å². The van der Waals surface area contributed by atoms with Crippen LogP contribution in [0.5, 0.6) is 0 Å². The average molecular weight is 1410 g/mol. The van der Waals surface area contributed by atoms with Crippen LogP contribution in [0.1, 0.15) is 105 Å². The summed E-state index contributed by atoms with van der Waals surface area (Å²) in [6.45, 7) is 15.8. The number of nitrogens with zero attached hydrogens (tertiary/aromatic N) is 3. The molecule has 9 N–H and O–H groups in total. The van der Waals surface area contributed by atoms with Crippen LogP contribution in [-0.2, 0) is 18.9 Å². The first kappa shape index (κ1) is 72.5. The molecule has 26 heteroatoms. The number of amides is 2. The summed E-state index contributed by atoms with van der Waals surface area (Å²) in [6, 6.07) is 52.7. The van der Waals surface area contributed by atoms with Gasteiger partial charge < -0.3 is 46.2 Å². The topological polar surface area (TPSA) is 322 Å². The lowest BCUT2D eigenvalue weighted by atomic mass is 10.1. The van der Waals surface area contributed by atoms with E-state index in [1.54, 1.807) is 53.7 Å². The number of hydrogen-bond acceptors (Lipinski definition) is 21. The van der Waals surface area contributed by atoms with Crippen LogP contribution in [0.2, 0.25) is 0 Å². The SMILES string of the molecule is CC(C)(C)OC(=O)OC(=O)OC(C)(C)C.COC(=O)c1cc(-c2nc(-c3ccccc3)c(C(=O)Nc3ccccc3)s2)c(C)s1.Cc1sc(C(=N)N)cc1-c1nc(-c2ccccc2)c(C(=O)Nc2ccccc2)s1.Cc1sc(C(=N)N)cc1-c1nc(-c2ccccc2)c(C(=O)O)s1. The maximum Gasteiger partial charge on any atom is 0.519 e. The van der Waals surface area contributed by atoms with Crippen LogP contribution >= 0.6 is 68.0 Å². The number of aryl methyl sites for hydroxylation is 3. The number of rotatable bonds is 14. The van der Waals surface area contributed by atoms with Gasteiger partial charge in [-0.2, -0.15) is 0 Å². The molecule has 11 rings (SSSR count). The number of nitrogens with one attached hydrogen (secondary N) is 4. The van der Waals surface area contributed by atoms with Crippen molar-refractivity contribution in [2.45, 2.75) is 73.5 Å². The molecule has 0 unspecified atom stereocenters. The monoisotopic (exact) mass is 1410 g/mol. The fraction of sp³-hybridized carbons (Fsp3) is 0.169. The molecule has 0 saturated heterocycles. The third kappa shape index (κ3) is 19.9. The van der Waals surface area contributed by atoms with E-state index in [4.69, 9.17) is 46.5 Å². The standard InChI is InChI=1S/C23H18N2O3S2.C22H18N4OS2.C16H13N3O2S2.C10H18O5/c1-14-17(13-18(29-14)23(27)28-2)22-25-19(15-9-5-3-6-10-15)20(30-22)21(26)24-16-11-7-4-8-12-16;1-13-16(12-17(28-13)20(23)24)22-26-18(14-8-4-2-5-9-14)19(29-22)21(27)25-15-10-6-3-7-11-15;1-8-10(7-11(22-8)14(17)18)15-19-12(13(23-15)16(20)21)9-5-3-2-4-6-9;1-9(2,3)14-7(11)13-8(12)15-10(4,5)6/h3-13H,1-2H3,(H,24,26);2-12H,1H3,(H3,23,24)(H,25,27);2-7H,1H3,(H3,17,18)(H,20,21);1-6H3. The van der Waals surface area contributed by atoms with E-state index in [0.29, 0.717) is 51.5 Å². The second-order valence-corrected chi connectivity index (χ2v) is 29.5. The summed E-state index contributed by atoms with van der Waals surface area (Å²) >= 11 is 8.02. The third-order valence-corrected chi connectivity index (χ3v) is 19.5. The van der Waals surface area contributed by atoms with Gasteiger partial charge in [-0.1, -0.05) is 127 Å². The molecule has 5 aromatic carbocycles. The number of carbonyl (C=O) groups is 6. The average Bonchev–Trinajstić information content (AvgIpc) is 1.66. The number of aromatic carboxylic acids is 1. The molecule has 11 aromatic rings. The maximum absolute atomic E-state index is 13.1. The van der Waals surface area contributed by atoms with Gasteiger partial charge in [-0.05, 0) is 105 Å². The zero-order valence-corrected chi connectivity index (χ0v) is 59.0. The van der Waals surface area contributed by atoms with Crippen LogP contribution in [0.3, 0.4) is 0 Å². The van der Waals surface area contributed by atoms with E-state index in [0.717, 1.165) is 75.7 Å². The number of amidine groups is 2. The second kappa shape index (κ2) is 32.4. The van der Waals surface area contributed by atoms with Crippen molar-refractivity contribution in [2.75, 3.05) is 17.7 Å². The molecule has 6 heterocycles. The molecule has 20 nitrogen and oxygen atoms in total. The number of methoxy groups -OCH3 is 1. The number of hydrogen-bond donors (Lipinski definition) is 7. The van der Waals surface area contributed by atoms with Crippen molar-refractivity contribution in [1.82, 2.24) is 15.0 Å². The highest BCUT2D eigenvalue weighted by Gasteiger charge is 2.28. The number of carboxylic acids is 1. The molecule has 97 heavy (non-hydrogen) atoms. The molecule has 0 bridgehead atoms. The Balaban J connectivity index is 0.000000170. The Hall–Kier alpha value is -10.4. The quantitative estimate of drug-likeness (QED) is 0.0175. The number of aromatic nitrogens is 3. The number of anilines is 2. The molecule has 0 aliphatic carbocycles. The molecule has 498 valence electrons. The molecular formula is C71H67N9O11S6. The second-order valence-electron chi connectivity index (χ2n) is 22.7. The van der Waals surface area contributed by atoms with Gasteiger partial charge in [-0.15, -0.1) is 68.0 Å². The van der Waals surface area contributed by atoms with E-state index in [9.17, 15) is 33.9 Å². The van der Waals surface area contributed by atoms with Crippen molar-refractivity contribution in [2.24, 2.45) is 11.5 Å². The molecule has 0 atom stereocenters. The van der Waals surface area contributed by atoms with E-state index < -0.39 is 29.5 Å². The van der Waals surface area contributed by atoms with Gasteiger partial charge in [0.2, 0.25) is 0 Å². The lowest BCUT2D eigenvalue weighted by molar-refractivity contribution is -0.0294. The van der Waals surface area contributed by atoms with Gasteiger partial charge in [0.1, 0.15) is 57.4 Å². The number of thiophene rings is 3. The summed E-state index contributed by atoms with van der Waals surface area (Å²) in [4.78, 5) is 91.8. The van der Waals surface area contributed by atoms with E-state index in [1.807, 2.05) is 178 Å². The first-order chi connectivity index (χ1) is 46.1. The van der Waals surface area contributed by atoms with Gasteiger partial charge in [0.25, 0.3) is 11.8 Å². The molecule has 0 spiro atoms. The lowest BCUT2D eigenvalue weighted by Gasteiger charge is -2.20. The van der Waals surface area contributed by atoms with Crippen molar-refractivity contribution in [1.29, 1.82) is 10.8 Å². The highest BCUT2D eigenvalue weighted by Crippen LogP contribution is 2.42. The Bertz CT molecular complexity index is 4600. The number of carbonyl (C=O) groups excluding carboxylic acids is 5. The summed E-state index contributed by atoms with van der Waals surface area (Å²) in [5.41, 5.74) is 18.1. The zero-order valence-electron chi connectivity index (χ0n) is 54.1. The first-order valence-corrected chi connectivity index (χ1v) is 34.3. The van der Waals surface area contributed by atoms with Crippen LogP contribution in [0.25, 0.3) is 65.5 Å². The smallest absolute Gasteiger partial charge is 0.477 e. The maximum atomic E-state index is 13.1. The predicted octanol–water partition coefficient (Wildman–Crippen LogP) is 18.0. The minimum absolute atomic E-state index is 0.00245. The Kier molecular flexibility index (Phi) is 24.2. The number of carboxylic acid groups (broad SMARTS) is 1. The lowest BCUT2D eigenvalue weighted by Crippen LogP contribution is -2.29. The highest BCUT2D eigenvalue weighted by molar-refractivity contribution is 7.20. The van der Waals surface area contributed by atoms with Gasteiger partial charge in [-0.3, -0.25) is 20.4 Å². The minimum atomic E-state index is -1.06. The molecule has 0 saturated carbocycles. The minimum Gasteiger partial charge on any atom is -0.477 e. The summed E-state index contributed by atoms with van der Waals surface area (Å²) in [5, 5.41) is 32.6. The van der Waals surface area contributed by atoms with Crippen molar-refractivity contribution in [3.63, 3.8) is 0 Å². The third-order valence-electron chi connectivity index (χ3n) is 13.0. The number of ether oxygens (including phenoxy) is 4. The summed E-state index contributed by atoms with van der Waals surface area (Å²) < 4.78 is 18.6. The normalized spacial score (nSPS) is 10.8. The van der Waals surface area contributed by atoms with E-state index in [1.165, 1.54) is 63.8 Å². The molecule has 2 amide bonds. The molecular weight excluding hydrogens is 1350 g/mol. The Morgan fingerprint density at radius 1 is 0.443 bits per heavy atom.